The highest BCUT2D eigenvalue weighted by atomic mass is 16.3. The molecule has 0 aliphatic heterocycles. The van der Waals surface area contributed by atoms with Gasteiger partial charge in [0.05, 0.1) is 62.4 Å². The summed E-state index contributed by atoms with van der Waals surface area (Å²) in [6.07, 6.45) is 9.57. The molecule has 135 heavy (non-hydrogen) atoms. The fourth-order valence-corrected chi connectivity index (χ4v) is 20.4. The molecule has 9 heterocycles. The molecule has 0 saturated heterocycles. The lowest BCUT2D eigenvalue weighted by Gasteiger charge is -2.10. The Kier molecular flexibility index (Phi) is 18.1. The second-order valence-electron chi connectivity index (χ2n) is 34.6. The maximum absolute atomic E-state index is 9.73. The lowest BCUT2D eigenvalue weighted by Crippen LogP contribution is -1.93. The van der Waals surface area contributed by atoms with Crippen LogP contribution in [0.3, 0.4) is 0 Å². The molecule has 0 bridgehead atoms. The molecule has 0 spiro atoms. The first kappa shape index (κ1) is 77.5. The van der Waals surface area contributed by atoms with Crippen molar-refractivity contribution in [1.29, 1.82) is 10.5 Å². The Balaban J connectivity index is 0.000000106. The lowest BCUT2D eigenvalue weighted by atomic mass is 9.95. The maximum Gasteiger partial charge on any atom is 0.145 e. The third-order valence-corrected chi connectivity index (χ3v) is 26.8. The van der Waals surface area contributed by atoms with E-state index in [1.165, 1.54) is 43.1 Å². The molecule has 0 unspecified atom stereocenters. The zero-order chi connectivity index (χ0) is 89.3. The second-order valence-corrected chi connectivity index (χ2v) is 34.6. The fourth-order valence-electron chi connectivity index (χ4n) is 20.4. The van der Waals surface area contributed by atoms with Gasteiger partial charge in [0.25, 0.3) is 0 Å². The van der Waals surface area contributed by atoms with E-state index in [0.717, 1.165) is 221 Å². The Morgan fingerprint density at radius 3 is 1.00 bits per heavy atom. The van der Waals surface area contributed by atoms with Crippen molar-refractivity contribution in [3.8, 4) is 102 Å². The standard InChI is InChI=1S/2C44H25N3O.C36H22N2O/c45-25-27-14-18-40-35(20-27)36-21-30(16-19-41(36)47(40)33-11-2-1-3-12-33)32-15-17-39(46-26-32)37-23-31-10-6-7-13-34(31)43-38-22-28-8-4-5-9-29(28)24-42(38)48-44(37)43;45-24-27-14-16-40-37(18-27)38-20-30(15-17-41(38)47(40)34-11-2-1-3-12-34)32-19-33(26-46-25-32)36-22-31-10-6-7-13-35(31)43-39-21-28-8-4-5-9-29(28)23-42(39)48-44(36)43;1-2-9-25-21-34-31(19-24(25)8-1)35-29-13-4-3-10-26(29)20-30(36(35)39-34)33-16-15-28(22-38-33)23-11-7-12-27(18-23)32-14-5-6-17-37-32/h1-24,26H;1-23,25-26H;1-22H. The third-order valence-electron chi connectivity index (χ3n) is 26.8. The van der Waals surface area contributed by atoms with Gasteiger partial charge in [-0.3, -0.25) is 19.9 Å². The van der Waals surface area contributed by atoms with E-state index in [1.807, 2.05) is 97.7 Å². The van der Waals surface area contributed by atoms with Crippen LogP contribution in [0.5, 0.6) is 0 Å². The molecule has 0 fully saturated rings. The van der Waals surface area contributed by atoms with E-state index < -0.39 is 0 Å². The van der Waals surface area contributed by atoms with Crippen molar-refractivity contribution >= 4 is 174 Å². The molecule has 11 heteroatoms. The highest BCUT2D eigenvalue weighted by Crippen LogP contribution is 2.48. The minimum absolute atomic E-state index is 0.641. The van der Waals surface area contributed by atoms with Crippen molar-refractivity contribution in [2.24, 2.45) is 0 Å². The van der Waals surface area contributed by atoms with Gasteiger partial charge in [-0.05, 0) is 257 Å². The number of para-hydroxylation sites is 2. The van der Waals surface area contributed by atoms with E-state index in [0.29, 0.717) is 11.1 Å². The first-order valence-corrected chi connectivity index (χ1v) is 45.1. The van der Waals surface area contributed by atoms with Crippen molar-refractivity contribution in [3.63, 3.8) is 0 Å². The number of nitriles is 2. The molecule has 0 aliphatic rings. The molecule has 11 nitrogen and oxygen atoms in total. The van der Waals surface area contributed by atoms with Gasteiger partial charge in [-0.2, -0.15) is 10.5 Å². The van der Waals surface area contributed by atoms with Crippen LogP contribution in [0, 0.1) is 22.7 Å². The summed E-state index contributed by atoms with van der Waals surface area (Å²) < 4.78 is 24.5. The summed E-state index contributed by atoms with van der Waals surface area (Å²) >= 11 is 0. The Morgan fingerprint density at radius 1 is 0.215 bits per heavy atom. The smallest absolute Gasteiger partial charge is 0.145 e. The van der Waals surface area contributed by atoms with Crippen molar-refractivity contribution in [2.45, 2.75) is 0 Å². The van der Waals surface area contributed by atoms with Crippen LogP contribution < -0.4 is 0 Å². The predicted octanol–water partition coefficient (Wildman–Crippen LogP) is 32.9. The van der Waals surface area contributed by atoms with Crippen molar-refractivity contribution in [3.05, 3.63) is 449 Å². The van der Waals surface area contributed by atoms with Crippen LogP contribution in [-0.4, -0.2) is 29.1 Å². The molecule has 0 atom stereocenters. The van der Waals surface area contributed by atoms with Gasteiger partial charge in [-0.1, -0.05) is 231 Å². The van der Waals surface area contributed by atoms with E-state index in [-0.39, 0.29) is 0 Å². The molecular formula is C124H72N8O3. The van der Waals surface area contributed by atoms with E-state index in [1.54, 1.807) is 0 Å². The summed E-state index contributed by atoms with van der Waals surface area (Å²) in [6, 6.07) is 146. The largest absolute Gasteiger partial charge is 0.455 e. The summed E-state index contributed by atoms with van der Waals surface area (Å²) in [4.78, 5) is 19.2. The first-order chi connectivity index (χ1) is 66.8. The Labute approximate surface area is 772 Å². The molecule has 19 aromatic carbocycles. The van der Waals surface area contributed by atoms with Crippen molar-refractivity contribution < 1.29 is 13.3 Å². The minimum atomic E-state index is 0.641. The van der Waals surface area contributed by atoms with Gasteiger partial charge in [-0.25, -0.2) is 0 Å². The second kappa shape index (κ2) is 31.6. The van der Waals surface area contributed by atoms with Crippen LogP contribution in [0.25, 0.3) is 264 Å². The van der Waals surface area contributed by atoms with Gasteiger partial charge in [-0.15, -0.1) is 0 Å². The zero-order valence-electron chi connectivity index (χ0n) is 72.4. The fraction of sp³-hybridized carbons (Fsp3) is 0. The van der Waals surface area contributed by atoms with Gasteiger partial charge in [0.2, 0.25) is 0 Å². The van der Waals surface area contributed by atoms with Gasteiger partial charge in [0.15, 0.2) is 0 Å². The lowest BCUT2D eigenvalue weighted by molar-refractivity contribution is 0.670. The topological polar surface area (TPSA) is 148 Å². The molecular weight excluding hydrogens is 1650 g/mol. The third kappa shape index (κ3) is 13.2. The Morgan fingerprint density at radius 2 is 0.570 bits per heavy atom. The van der Waals surface area contributed by atoms with E-state index in [9.17, 15) is 10.5 Å². The molecule has 0 N–H and O–H groups in total. The molecule has 0 saturated carbocycles. The van der Waals surface area contributed by atoms with Gasteiger partial charge < -0.3 is 22.4 Å². The number of hydrogen-bond donors (Lipinski definition) is 0. The van der Waals surface area contributed by atoms with Crippen LogP contribution in [0.2, 0.25) is 0 Å². The zero-order valence-corrected chi connectivity index (χ0v) is 72.4. The number of benzene rings is 19. The van der Waals surface area contributed by atoms with Gasteiger partial charge in [0, 0.05) is 141 Å². The number of aromatic nitrogens is 6. The number of hydrogen-bond acceptors (Lipinski definition) is 9. The molecule has 626 valence electrons. The predicted molar refractivity (Wildman–Crippen MR) is 554 cm³/mol. The maximum atomic E-state index is 9.73. The Hall–Kier alpha value is -18.7. The normalized spacial score (nSPS) is 11.7. The summed E-state index contributed by atoms with van der Waals surface area (Å²) in [5, 5.41) is 44.5. The summed E-state index contributed by atoms with van der Waals surface area (Å²) in [5.41, 5.74) is 27.1. The van der Waals surface area contributed by atoms with Crippen LogP contribution in [0.15, 0.2) is 451 Å². The Bertz CT molecular complexity index is 9850. The molecule has 9 aromatic heterocycles. The summed E-state index contributed by atoms with van der Waals surface area (Å²) in [5.74, 6) is 0. The number of fused-ring (bicyclic) bond motifs is 24. The number of pyridine rings is 4. The number of rotatable bonds is 9. The number of furan rings is 3. The number of nitrogens with zero attached hydrogens (tertiary/aromatic N) is 8. The highest BCUT2D eigenvalue weighted by Gasteiger charge is 2.25. The SMILES string of the molecule is N#Cc1ccc2c(c1)c1cc(-c3ccc(-c4cc5ccccc5c5c4oc4cc6ccccc6cc45)nc3)ccc1n2-c1ccccc1.N#Cc1ccc2c(c1)c1cc(-c3cncc(-c4cc5ccccc5c5c4oc4cc6ccccc6cc45)c3)ccc1n2-c1ccccc1.c1ccc(-c2cccc(-c3ccc(-c4cc5ccccc5c5c4oc4cc6ccccc6cc45)nc3)c2)nc1. The highest BCUT2D eigenvalue weighted by molar-refractivity contribution is 6.27. The molecule has 0 aliphatic carbocycles. The van der Waals surface area contributed by atoms with E-state index in [4.69, 9.17) is 28.2 Å². The average molecular weight is 1720 g/mol. The average Bonchev–Trinajstić information content (AvgIpc) is 2.02. The first-order valence-electron chi connectivity index (χ1n) is 45.1. The monoisotopic (exact) mass is 1720 g/mol. The molecule has 0 radical (unpaired) electrons. The van der Waals surface area contributed by atoms with Gasteiger partial charge in [0.1, 0.15) is 33.5 Å². The minimum Gasteiger partial charge on any atom is -0.455 e. The quantitative estimate of drug-likeness (QED) is 0.138. The van der Waals surface area contributed by atoms with Crippen molar-refractivity contribution in [1.82, 2.24) is 29.1 Å². The summed E-state index contributed by atoms with van der Waals surface area (Å²) in [6.45, 7) is 0. The van der Waals surface area contributed by atoms with Gasteiger partial charge >= 0.3 is 0 Å². The van der Waals surface area contributed by atoms with E-state index in [2.05, 4.69) is 366 Å². The molecule has 28 aromatic rings. The van der Waals surface area contributed by atoms with Crippen LogP contribution in [0.4, 0.5) is 0 Å². The molecule has 28 rings (SSSR count). The summed E-state index contributed by atoms with van der Waals surface area (Å²) in [7, 11) is 0. The van der Waals surface area contributed by atoms with Crippen LogP contribution >= 0.6 is 0 Å². The van der Waals surface area contributed by atoms with Crippen LogP contribution in [-0.2, 0) is 0 Å². The van der Waals surface area contributed by atoms with E-state index >= 15 is 0 Å². The van der Waals surface area contributed by atoms with Crippen LogP contribution in [0.1, 0.15) is 11.1 Å². The van der Waals surface area contributed by atoms with Crippen molar-refractivity contribution in [2.75, 3.05) is 0 Å². The molecule has 0 amide bonds.